The van der Waals surface area contributed by atoms with Crippen LogP contribution in [-0.4, -0.2) is 4.57 Å². The highest BCUT2D eigenvalue weighted by Crippen LogP contribution is 2.54. The second kappa shape index (κ2) is 12.8. The third kappa shape index (κ3) is 5.11. The number of para-hydroxylation sites is 1. The van der Waals surface area contributed by atoms with E-state index in [-0.39, 0.29) is 10.8 Å². The summed E-state index contributed by atoms with van der Waals surface area (Å²) in [7, 11) is 0. The van der Waals surface area contributed by atoms with Crippen molar-refractivity contribution in [2.45, 2.75) is 38.5 Å². The number of benzene rings is 8. The van der Waals surface area contributed by atoms with Gasteiger partial charge in [-0.25, -0.2) is 0 Å². The van der Waals surface area contributed by atoms with Crippen molar-refractivity contribution in [3.8, 4) is 50.2 Å². The van der Waals surface area contributed by atoms with Gasteiger partial charge in [0.2, 0.25) is 0 Å². The molecule has 8 aromatic carbocycles. The first-order valence-electron chi connectivity index (χ1n) is 20.4. The van der Waals surface area contributed by atoms with Crippen molar-refractivity contribution >= 4 is 28.0 Å². The van der Waals surface area contributed by atoms with Crippen LogP contribution < -0.4 is 4.90 Å². The average Bonchev–Trinajstić information content (AvgIpc) is 3.83. The molecule has 58 heavy (non-hydrogen) atoms. The Bertz CT molecular complexity index is 3020. The van der Waals surface area contributed by atoms with E-state index >= 15 is 0 Å². The Morgan fingerprint density at radius 3 is 1.52 bits per heavy atom. The summed E-state index contributed by atoms with van der Waals surface area (Å²) in [5, 5.41) is 1.31. The van der Waals surface area contributed by atoms with E-state index in [0.717, 1.165) is 17.1 Å². The zero-order valence-electron chi connectivity index (χ0n) is 33.4. The Labute approximate surface area is 341 Å². The lowest BCUT2D eigenvalue weighted by Crippen LogP contribution is -2.19. The topological polar surface area (TPSA) is 8.17 Å². The number of anilines is 3. The summed E-state index contributed by atoms with van der Waals surface area (Å²) in [6, 6.07) is 71.5. The SMILES string of the molecule is CC1(C)c2ccccc2-c2ccc(N(c3ccc(-c4ccccc4)cc3)c3ccc(-c4ccc(-n5c6c(c7ccccc75)-c5ccccc5C6(C)C)cc4)cc3)cc21. The number of fused-ring (bicyclic) bond motifs is 8. The fourth-order valence-corrected chi connectivity index (χ4v) is 10.1. The maximum atomic E-state index is 2.49. The summed E-state index contributed by atoms with van der Waals surface area (Å²) < 4.78 is 2.49. The van der Waals surface area contributed by atoms with Crippen LogP contribution in [0.25, 0.3) is 61.1 Å². The Morgan fingerprint density at radius 1 is 0.379 bits per heavy atom. The van der Waals surface area contributed by atoms with Gasteiger partial charge in [-0.2, -0.15) is 0 Å². The molecule has 2 aliphatic carbocycles. The Balaban J connectivity index is 0.968. The summed E-state index contributed by atoms with van der Waals surface area (Å²) in [5.74, 6) is 0. The minimum absolute atomic E-state index is 0.0897. The lowest BCUT2D eigenvalue weighted by Gasteiger charge is -2.28. The summed E-state index contributed by atoms with van der Waals surface area (Å²) in [4.78, 5) is 2.40. The standard InChI is InChI=1S/C56H44N2/c1-55(2)49-19-11-8-16-45(49)46-35-34-44(36-51(46)55)57(41-28-22-38(23-29-41)37-14-6-5-7-15-37)42-30-24-39(25-31-42)40-26-32-43(33-27-40)58-52-21-13-10-18-48(52)53-47-17-9-12-20-50(47)56(3,4)54(53)58/h5-36H,1-4H3. The second-order valence-corrected chi connectivity index (χ2v) is 17.0. The van der Waals surface area contributed by atoms with E-state index in [1.54, 1.807) is 0 Å². The normalized spacial score (nSPS) is 14.1. The molecule has 0 unspecified atom stereocenters. The molecule has 2 nitrogen and oxygen atoms in total. The number of nitrogens with zero attached hydrogens (tertiary/aromatic N) is 2. The first-order valence-corrected chi connectivity index (χ1v) is 20.4. The van der Waals surface area contributed by atoms with Gasteiger partial charge in [0.05, 0.1) is 5.52 Å². The van der Waals surface area contributed by atoms with Crippen LogP contribution in [0.4, 0.5) is 17.1 Å². The molecule has 0 saturated heterocycles. The second-order valence-electron chi connectivity index (χ2n) is 17.0. The van der Waals surface area contributed by atoms with Crippen LogP contribution in [0, 0.1) is 0 Å². The summed E-state index contributed by atoms with van der Waals surface area (Å²) in [6.45, 7) is 9.44. The van der Waals surface area contributed by atoms with Crippen molar-refractivity contribution in [1.29, 1.82) is 0 Å². The number of hydrogen-bond donors (Lipinski definition) is 0. The lowest BCUT2D eigenvalue weighted by atomic mass is 9.82. The van der Waals surface area contributed by atoms with E-state index in [0.29, 0.717) is 0 Å². The predicted octanol–water partition coefficient (Wildman–Crippen LogP) is 15.0. The summed E-state index contributed by atoms with van der Waals surface area (Å²) in [6.07, 6.45) is 0. The molecule has 0 fully saturated rings. The largest absolute Gasteiger partial charge is 0.312 e. The van der Waals surface area contributed by atoms with Crippen LogP contribution in [0.5, 0.6) is 0 Å². The molecule has 0 saturated carbocycles. The van der Waals surface area contributed by atoms with E-state index in [2.05, 4.69) is 231 Å². The number of aromatic nitrogens is 1. The van der Waals surface area contributed by atoms with Gasteiger partial charge in [-0.05, 0) is 110 Å². The van der Waals surface area contributed by atoms with Gasteiger partial charge in [0.15, 0.2) is 0 Å². The third-order valence-electron chi connectivity index (χ3n) is 13.0. The molecule has 0 N–H and O–H groups in total. The lowest BCUT2D eigenvalue weighted by molar-refractivity contribution is 0.624. The molecule has 278 valence electrons. The Morgan fingerprint density at radius 2 is 0.862 bits per heavy atom. The molecule has 11 rings (SSSR count). The van der Waals surface area contributed by atoms with E-state index < -0.39 is 0 Å². The number of hydrogen-bond acceptors (Lipinski definition) is 1. The van der Waals surface area contributed by atoms with Crippen LogP contribution in [-0.2, 0) is 10.8 Å². The van der Waals surface area contributed by atoms with Gasteiger partial charge < -0.3 is 9.47 Å². The van der Waals surface area contributed by atoms with Crippen molar-refractivity contribution in [3.05, 3.63) is 217 Å². The maximum Gasteiger partial charge on any atom is 0.0538 e. The fourth-order valence-electron chi connectivity index (χ4n) is 10.1. The zero-order chi connectivity index (χ0) is 39.2. The molecule has 9 aromatic rings. The molecule has 0 atom stereocenters. The Kier molecular flexibility index (Phi) is 7.59. The smallest absolute Gasteiger partial charge is 0.0538 e. The van der Waals surface area contributed by atoms with Gasteiger partial charge in [-0.3, -0.25) is 0 Å². The van der Waals surface area contributed by atoms with Gasteiger partial charge >= 0.3 is 0 Å². The average molecular weight is 745 g/mol. The van der Waals surface area contributed by atoms with Gasteiger partial charge in [-0.1, -0.05) is 167 Å². The van der Waals surface area contributed by atoms with Gasteiger partial charge in [-0.15, -0.1) is 0 Å². The van der Waals surface area contributed by atoms with Crippen LogP contribution >= 0.6 is 0 Å². The van der Waals surface area contributed by atoms with Crippen LogP contribution in [0.2, 0.25) is 0 Å². The first kappa shape index (κ1) is 34.4. The highest BCUT2D eigenvalue weighted by molar-refractivity contribution is 6.03. The predicted molar refractivity (Wildman–Crippen MR) is 244 cm³/mol. The quantitative estimate of drug-likeness (QED) is 0.165. The molecule has 0 radical (unpaired) electrons. The zero-order valence-corrected chi connectivity index (χ0v) is 33.4. The molecule has 1 heterocycles. The van der Waals surface area contributed by atoms with Crippen molar-refractivity contribution in [2.24, 2.45) is 0 Å². The van der Waals surface area contributed by atoms with Crippen molar-refractivity contribution in [1.82, 2.24) is 4.57 Å². The Hall–Kier alpha value is -6.90. The van der Waals surface area contributed by atoms with E-state index in [1.165, 1.54) is 83.5 Å². The highest BCUT2D eigenvalue weighted by Gasteiger charge is 2.41. The monoisotopic (exact) mass is 744 g/mol. The van der Waals surface area contributed by atoms with Crippen molar-refractivity contribution in [2.75, 3.05) is 4.90 Å². The molecule has 0 bridgehead atoms. The molecule has 0 amide bonds. The first-order chi connectivity index (χ1) is 28.3. The van der Waals surface area contributed by atoms with E-state index in [9.17, 15) is 0 Å². The van der Waals surface area contributed by atoms with Crippen LogP contribution in [0.15, 0.2) is 194 Å². The molecule has 1 aromatic heterocycles. The fraction of sp³-hybridized carbons (Fsp3) is 0.107. The minimum Gasteiger partial charge on any atom is -0.312 e. The molecule has 0 aliphatic heterocycles. The van der Waals surface area contributed by atoms with Gasteiger partial charge in [0.1, 0.15) is 0 Å². The molecular weight excluding hydrogens is 701 g/mol. The van der Waals surface area contributed by atoms with E-state index in [1.807, 2.05) is 0 Å². The van der Waals surface area contributed by atoms with E-state index in [4.69, 9.17) is 0 Å². The summed E-state index contributed by atoms with van der Waals surface area (Å²) >= 11 is 0. The van der Waals surface area contributed by atoms with Gasteiger partial charge in [0.25, 0.3) is 0 Å². The maximum absolute atomic E-state index is 2.49. The highest BCUT2D eigenvalue weighted by atomic mass is 15.1. The van der Waals surface area contributed by atoms with Crippen LogP contribution in [0.3, 0.4) is 0 Å². The minimum atomic E-state index is -0.119. The van der Waals surface area contributed by atoms with Crippen molar-refractivity contribution in [3.63, 3.8) is 0 Å². The molecule has 2 heteroatoms. The number of rotatable bonds is 6. The molecular formula is C56H44N2. The van der Waals surface area contributed by atoms with Gasteiger partial charge in [0, 0.05) is 50.2 Å². The third-order valence-corrected chi connectivity index (χ3v) is 13.0. The van der Waals surface area contributed by atoms with Crippen LogP contribution in [0.1, 0.15) is 50.1 Å². The molecule has 2 aliphatic rings. The molecule has 0 spiro atoms. The summed E-state index contributed by atoms with van der Waals surface area (Å²) in [5.41, 5.74) is 21.3. The van der Waals surface area contributed by atoms with Crippen molar-refractivity contribution < 1.29 is 0 Å².